The van der Waals surface area contributed by atoms with E-state index >= 15 is 0 Å². The average molecular weight is 369 g/mol. The molecule has 1 aromatic carbocycles. The Balaban J connectivity index is 2.20. The molecule has 0 spiro atoms. The van der Waals surface area contributed by atoms with Crippen molar-refractivity contribution in [3.63, 3.8) is 0 Å². The number of hydrogen-bond acceptors (Lipinski definition) is 4. The summed E-state index contributed by atoms with van der Waals surface area (Å²) < 4.78 is 6.61. The number of aromatic nitrogens is 2. The van der Waals surface area contributed by atoms with Crippen molar-refractivity contribution in [3.05, 3.63) is 45.7 Å². The molecule has 0 aliphatic carbocycles. The Labute approximate surface area is 150 Å². The zero-order valence-corrected chi connectivity index (χ0v) is 15.3. The number of carbonyl (C=O) groups is 1. The van der Waals surface area contributed by atoms with Gasteiger partial charge in [0.25, 0.3) is 0 Å². The van der Waals surface area contributed by atoms with Crippen molar-refractivity contribution < 1.29 is 9.53 Å². The number of nitrogens with one attached hydrogen (secondary N) is 1. The Hall–Kier alpha value is -2.05. The molecule has 0 bridgehead atoms. The van der Waals surface area contributed by atoms with Crippen molar-refractivity contribution >= 4 is 35.5 Å². The molecule has 0 fully saturated rings. The van der Waals surface area contributed by atoms with Gasteiger partial charge in [-0.1, -0.05) is 35.3 Å². The van der Waals surface area contributed by atoms with Gasteiger partial charge >= 0.3 is 6.09 Å². The molecule has 1 aromatic heterocycles. The molecule has 2 rings (SSSR count). The van der Waals surface area contributed by atoms with E-state index in [0.717, 1.165) is 0 Å². The fraction of sp³-hybridized carbons (Fsp3) is 0.312. The van der Waals surface area contributed by atoms with Crippen molar-refractivity contribution in [3.8, 4) is 5.69 Å². The quantitative estimate of drug-likeness (QED) is 0.646. The second-order valence-electron chi connectivity index (χ2n) is 6.03. The summed E-state index contributed by atoms with van der Waals surface area (Å²) in [7, 11) is 0. The largest absolute Gasteiger partial charge is 0.443 e. The van der Waals surface area contributed by atoms with Crippen molar-refractivity contribution in [2.45, 2.75) is 33.3 Å². The molecule has 8 heteroatoms. The van der Waals surface area contributed by atoms with E-state index in [4.69, 9.17) is 27.9 Å². The van der Waals surface area contributed by atoms with Gasteiger partial charge in [-0.2, -0.15) is 10.2 Å². The van der Waals surface area contributed by atoms with Gasteiger partial charge in [-0.05, 0) is 39.8 Å². The van der Waals surface area contributed by atoms with Crippen LogP contribution in [-0.2, 0) is 4.74 Å². The highest BCUT2D eigenvalue weighted by molar-refractivity contribution is 6.34. The number of nitrogens with zero attached hydrogens (tertiary/aromatic N) is 3. The van der Waals surface area contributed by atoms with Crippen LogP contribution in [0.5, 0.6) is 0 Å². The summed E-state index contributed by atoms with van der Waals surface area (Å²) in [4.78, 5) is 11.6. The number of rotatable bonds is 3. The molecule has 1 heterocycles. The van der Waals surface area contributed by atoms with Crippen LogP contribution in [0.25, 0.3) is 5.69 Å². The molecule has 1 amide bonds. The maximum Gasteiger partial charge on any atom is 0.428 e. The first kappa shape index (κ1) is 18.3. The van der Waals surface area contributed by atoms with E-state index in [1.807, 2.05) is 12.1 Å². The molecule has 1 N–H and O–H groups in total. The van der Waals surface area contributed by atoms with Crippen molar-refractivity contribution in [2.75, 3.05) is 0 Å². The highest BCUT2D eigenvalue weighted by Gasteiger charge is 2.17. The maximum absolute atomic E-state index is 11.6. The van der Waals surface area contributed by atoms with Gasteiger partial charge in [0, 0.05) is 0 Å². The number of ether oxygens (including phenoxy) is 1. The van der Waals surface area contributed by atoms with E-state index in [1.165, 1.54) is 10.9 Å². The number of benzene rings is 1. The first-order valence-corrected chi connectivity index (χ1v) is 7.96. The number of carbonyl (C=O) groups excluding carboxylic acids is 1. The SMILES string of the molecule is Cc1nn(-c2ccccc2Cl)c(Cl)c1/C=N\NC(=O)OC(C)(C)C. The second kappa shape index (κ2) is 7.23. The van der Waals surface area contributed by atoms with Crippen LogP contribution in [0.3, 0.4) is 0 Å². The third-order valence-electron chi connectivity index (χ3n) is 2.88. The van der Waals surface area contributed by atoms with E-state index in [2.05, 4.69) is 15.6 Å². The molecule has 24 heavy (non-hydrogen) atoms. The fourth-order valence-electron chi connectivity index (χ4n) is 1.89. The number of hydrazone groups is 1. The topological polar surface area (TPSA) is 68.5 Å². The Kier molecular flexibility index (Phi) is 5.51. The smallest absolute Gasteiger partial charge is 0.428 e. The molecule has 0 saturated heterocycles. The summed E-state index contributed by atoms with van der Waals surface area (Å²) in [5.74, 6) is 0. The Morgan fingerprint density at radius 1 is 1.33 bits per heavy atom. The van der Waals surface area contributed by atoms with Gasteiger partial charge in [-0.15, -0.1) is 0 Å². The molecular weight excluding hydrogens is 351 g/mol. The third kappa shape index (κ3) is 4.49. The second-order valence-corrected chi connectivity index (χ2v) is 6.79. The van der Waals surface area contributed by atoms with E-state index in [0.29, 0.717) is 27.1 Å². The van der Waals surface area contributed by atoms with Crippen LogP contribution < -0.4 is 5.43 Å². The van der Waals surface area contributed by atoms with Crippen molar-refractivity contribution in [1.82, 2.24) is 15.2 Å². The average Bonchev–Trinajstić information content (AvgIpc) is 2.74. The Morgan fingerprint density at radius 3 is 2.62 bits per heavy atom. The number of halogens is 2. The van der Waals surface area contributed by atoms with E-state index in [1.54, 1.807) is 39.8 Å². The zero-order chi connectivity index (χ0) is 17.9. The van der Waals surface area contributed by atoms with E-state index < -0.39 is 11.7 Å². The Morgan fingerprint density at radius 2 is 2.00 bits per heavy atom. The minimum Gasteiger partial charge on any atom is -0.443 e. The minimum absolute atomic E-state index is 0.343. The molecular formula is C16H18Cl2N4O2. The summed E-state index contributed by atoms with van der Waals surface area (Å²) in [5, 5.41) is 9.09. The molecule has 0 aliphatic rings. The summed E-state index contributed by atoms with van der Waals surface area (Å²) >= 11 is 12.5. The highest BCUT2D eigenvalue weighted by atomic mass is 35.5. The predicted octanol–water partition coefficient (Wildman–Crippen LogP) is 4.35. The summed E-state index contributed by atoms with van der Waals surface area (Å²) in [6.07, 6.45) is 0.771. The monoisotopic (exact) mass is 368 g/mol. The molecule has 0 atom stereocenters. The molecule has 0 saturated carbocycles. The lowest BCUT2D eigenvalue weighted by atomic mass is 10.2. The maximum atomic E-state index is 11.6. The molecule has 128 valence electrons. The van der Waals surface area contributed by atoms with Gasteiger partial charge in [0.05, 0.1) is 28.2 Å². The molecule has 2 aromatic rings. The summed E-state index contributed by atoms with van der Waals surface area (Å²) in [6, 6.07) is 7.22. The van der Waals surface area contributed by atoms with Crippen LogP contribution in [0.4, 0.5) is 4.79 Å². The van der Waals surface area contributed by atoms with E-state index in [-0.39, 0.29) is 0 Å². The first-order valence-electron chi connectivity index (χ1n) is 7.21. The Bertz CT molecular complexity index is 779. The molecule has 0 unspecified atom stereocenters. The van der Waals surface area contributed by atoms with Gasteiger partial charge in [0.1, 0.15) is 10.8 Å². The van der Waals surface area contributed by atoms with Crippen LogP contribution in [0.15, 0.2) is 29.4 Å². The fourth-order valence-corrected chi connectivity index (χ4v) is 2.42. The number of hydrogen-bond donors (Lipinski definition) is 1. The van der Waals surface area contributed by atoms with Gasteiger partial charge in [0.15, 0.2) is 0 Å². The molecule has 0 aliphatic heterocycles. The first-order chi connectivity index (χ1) is 11.2. The van der Waals surface area contributed by atoms with E-state index in [9.17, 15) is 4.79 Å². The standard InChI is InChI=1S/C16H18Cl2N4O2/c1-10-11(9-19-20-15(23)24-16(2,3)4)14(18)22(21-10)13-8-6-5-7-12(13)17/h5-9H,1-4H3,(H,20,23)/b19-9-. The third-order valence-corrected chi connectivity index (χ3v) is 3.56. The van der Waals surface area contributed by atoms with Gasteiger partial charge in [-0.25, -0.2) is 14.9 Å². The van der Waals surface area contributed by atoms with Crippen LogP contribution in [0, 0.1) is 6.92 Å². The van der Waals surface area contributed by atoms with Crippen LogP contribution >= 0.6 is 23.2 Å². The van der Waals surface area contributed by atoms with Crippen molar-refractivity contribution in [2.24, 2.45) is 5.10 Å². The molecule has 0 radical (unpaired) electrons. The zero-order valence-electron chi connectivity index (χ0n) is 13.8. The summed E-state index contributed by atoms with van der Waals surface area (Å²) in [6.45, 7) is 7.09. The number of para-hydroxylation sites is 1. The number of amides is 1. The minimum atomic E-state index is -0.647. The van der Waals surface area contributed by atoms with Crippen LogP contribution in [0.1, 0.15) is 32.0 Å². The van der Waals surface area contributed by atoms with Gasteiger partial charge in [-0.3, -0.25) is 0 Å². The lowest BCUT2D eigenvalue weighted by Gasteiger charge is -2.18. The highest BCUT2D eigenvalue weighted by Crippen LogP contribution is 2.26. The number of aryl methyl sites for hydroxylation is 1. The lowest BCUT2D eigenvalue weighted by molar-refractivity contribution is 0.0529. The summed E-state index contributed by atoms with van der Waals surface area (Å²) in [5.41, 5.74) is 3.58. The predicted molar refractivity (Wildman–Crippen MR) is 95.3 cm³/mol. The van der Waals surface area contributed by atoms with Gasteiger partial charge < -0.3 is 4.74 Å². The lowest BCUT2D eigenvalue weighted by Crippen LogP contribution is -2.29. The molecule has 6 nitrogen and oxygen atoms in total. The van der Waals surface area contributed by atoms with Crippen LogP contribution in [0.2, 0.25) is 10.2 Å². The van der Waals surface area contributed by atoms with Crippen LogP contribution in [-0.4, -0.2) is 27.7 Å². The van der Waals surface area contributed by atoms with Crippen molar-refractivity contribution in [1.29, 1.82) is 0 Å². The van der Waals surface area contributed by atoms with Gasteiger partial charge in [0.2, 0.25) is 0 Å². The normalized spacial score (nSPS) is 11.8.